The molecule has 0 saturated carbocycles. The Balaban J connectivity index is 2.94. The van der Waals surface area contributed by atoms with Crippen molar-refractivity contribution < 1.29 is 21.4 Å². The van der Waals surface area contributed by atoms with Crippen molar-refractivity contribution in [1.29, 1.82) is 0 Å². The molecule has 16 heavy (non-hydrogen) atoms. The second-order valence-electron chi connectivity index (χ2n) is 2.66. The number of hydrogen-bond donors (Lipinski definition) is 0. The molecule has 0 amide bonds. The van der Waals surface area contributed by atoms with Gasteiger partial charge in [-0.2, -0.15) is 18.3 Å². The molecule has 0 radical (unpaired) electrons. The largest absolute Gasteiger partial charge is 0.416 e. The predicted octanol–water partition coefficient (Wildman–Crippen LogP) is 3.65. The molecule has 2 rings (SSSR count). The Morgan fingerprint density at radius 1 is 1.31 bits per heavy atom. The van der Waals surface area contributed by atoms with Gasteiger partial charge in [0.1, 0.15) is 4.60 Å². The molecule has 6 heteroatoms. The molecule has 0 aliphatic carbocycles. The van der Waals surface area contributed by atoms with E-state index in [4.69, 9.17) is 8.22 Å². The molecule has 2 aromatic rings. The van der Waals surface area contributed by atoms with Crippen molar-refractivity contribution in [1.82, 2.24) is 9.78 Å². The second kappa shape index (κ2) is 3.93. The standard InChI is InChI=1S/C10H6BrF3N2/c11-9-4-5-16(15-9)8-3-1-2-7(6-8)10(12,13)14/h1-6H/i1D,2D,3D,4D,5D,6D. The lowest BCUT2D eigenvalue weighted by molar-refractivity contribution is -0.137. The zero-order valence-electron chi connectivity index (χ0n) is 13.4. The van der Waals surface area contributed by atoms with Crippen LogP contribution in [0.15, 0.2) is 41.0 Å². The Morgan fingerprint density at radius 3 is 2.62 bits per heavy atom. The van der Waals surface area contributed by atoms with Crippen LogP contribution in [0.3, 0.4) is 0 Å². The Hall–Kier alpha value is -1.30. The number of benzene rings is 1. The minimum atomic E-state index is -5.07. The van der Waals surface area contributed by atoms with Gasteiger partial charge in [0.15, 0.2) is 0 Å². The van der Waals surface area contributed by atoms with E-state index >= 15 is 0 Å². The van der Waals surface area contributed by atoms with Crippen LogP contribution in [0.25, 0.3) is 5.69 Å². The summed E-state index contributed by atoms with van der Waals surface area (Å²) in [4.78, 5) is 0. The van der Waals surface area contributed by atoms with Crippen LogP contribution in [0.1, 0.15) is 13.8 Å². The van der Waals surface area contributed by atoms with E-state index < -0.39 is 53.8 Å². The van der Waals surface area contributed by atoms with Gasteiger partial charge in [0.25, 0.3) is 0 Å². The first kappa shape index (κ1) is 5.86. The number of halogens is 4. The summed E-state index contributed by atoms with van der Waals surface area (Å²) in [6.45, 7) is 0. The maximum absolute atomic E-state index is 13.0. The molecule has 1 aromatic carbocycles. The molecule has 0 saturated heterocycles. The molecular formula is C10H6BrF3N2. The lowest BCUT2D eigenvalue weighted by Crippen LogP contribution is -2.06. The van der Waals surface area contributed by atoms with Crippen LogP contribution in [0.5, 0.6) is 0 Å². The van der Waals surface area contributed by atoms with E-state index in [2.05, 4.69) is 21.0 Å². The van der Waals surface area contributed by atoms with Gasteiger partial charge in [-0.15, -0.1) is 0 Å². The van der Waals surface area contributed by atoms with Gasteiger partial charge >= 0.3 is 6.18 Å². The summed E-state index contributed by atoms with van der Waals surface area (Å²) in [6.07, 6.45) is -5.71. The third-order valence-electron chi connectivity index (χ3n) is 1.56. The molecule has 1 heterocycles. The van der Waals surface area contributed by atoms with Crippen LogP contribution < -0.4 is 0 Å². The summed E-state index contributed by atoms with van der Waals surface area (Å²) in [5.41, 5.74) is -2.45. The monoisotopic (exact) mass is 296 g/mol. The highest BCUT2D eigenvalue weighted by molar-refractivity contribution is 9.10. The quantitative estimate of drug-likeness (QED) is 0.785. The topological polar surface area (TPSA) is 17.8 Å². The van der Waals surface area contributed by atoms with Gasteiger partial charge in [0.2, 0.25) is 0 Å². The number of rotatable bonds is 1. The molecule has 0 fully saturated rings. The fourth-order valence-corrected chi connectivity index (χ4v) is 1.17. The molecule has 0 atom stereocenters. The van der Waals surface area contributed by atoms with E-state index in [-0.39, 0.29) is 4.60 Å². The molecule has 0 aliphatic rings. The summed E-state index contributed by atoms with van der Waals surface area (Å²) in [6, 6.07) is -4.83. The fourth-order valence-electron chi connectivity index (χ4n) is 0.924. The van der Waals surface area contributed by atoms with Crippen LogP contribution in [0, 0.1) is 0 Å². The normalized spacial score (nSPS) is 17.0. The minimum Gasteiger partial charge on any atom is -0.240 e. The molecule has 0 unspecified atom stereocenters. The highest BCUT2D eigenvalue weighted by Gasteiger charge is 2.30. The molecule has 0 aliphatic heterocycles. The summed E-state index contributed by atoms with van der Waals surface area (Å²) in [5, 5.41) is 3.60. The van der Waals surface area contributed by atoms with Crippen molar-refractivity contribution in [3.8, 4) is 5.69 Å². The third kappa shape index (κ3) is 2.27. The maximum Gasteiger partial charge on any atom is 0.416 e. The maximum atomic E-state index is 13.0. The first-order valence-corrected chi connectivity index (χ1v) is 4.67. The Labute approximate surface area is 106 Å². The lowest BCUT2D eigenvalue weighted by atomic mass is 10.2. The van der Waals surface area contributed by atoms with Crippen molar-refractivity contribution in [3.05, 3.63) is 46.6 Å². The van der Waals surface area contributed by atoms with Gasteiger partial charge in [0, 0.05) is 6.17 Å². The summed E-state index contributed by atoms with van der Waals surface area (Å²) < 4.78 is 84.5. The molecule has 0 N–H and O–H groups in total. The fraction of sp³-hybridized carbons (Fsp3) is 0.100. The zero-order chi connectivity index (χ0) is 17.0. The van der Waals surface area contributed by atoms with E-state index in [0.717, 1.165) is 0 Å². The number of aromatic nitrogens is 2. The van der Waals surface area contributed by atoms with Crippen LogP contribution in [-0.2, 0) is 6.18 Å². The van der Waals surface area contributed by atoms with Crippen LogP contribution in [0.4, 0.5) is 13.2 Å². The number of alkyl halides is 3. The van der Waals surface area contributed by atoms with Gasteiger partial charge in [-0.3, -0.25) is 0 Å². The summed E-state index contributed by atoms with van der Waals surface area (Å²) in [5.74, 6) is 0. The van der Waals surface area contributed by atoms with E-state index in [1.807, 2.05) is 0 Å². The van der Waals surface area contributed by atoms with E-state index in [0.29, 0.717) is 4.68 Å². The SMILES string of the molecule is [2H]c1c([2H])c(-n2nc(Br)c([2H])c2[2H])c([2H])c(C(F)(F)F)c1[2H]. The Morgan fingerprint density at radius 2 is 2.06 bits per heavy atom. The zero-order valence-corrected chi connectivity index (χ0v) is 8.99. The number of hydrogen-bond acceptors (Lipinski definition) is 1. The van der Waals surface area contributed by atoms with Crippen molar-refractivity contribution >= 4 is 15.9 Å². The van der Waals surface area contributed by atoms with Crippen LogP contribution in [0.2, 0.25) is 0 Å². The molecule has 2 nitrogen and oxygen atoms in total. The average molecular weight is 297 g/mol. The highest BCUT2D eigenvalue weighted by atomic mass is 79.9. The highest BCUT2D eigenvalue weighted by Crippen LogP contribution is 2.30. The minimum absolute atomic E-state index is 0.147. The summed E-state index contributed by atoms with van der Waals surface area (Å²) in [7, 11) is 0. The van der Waals surface area contributed by atoms with Crippen LogP contribution in [-0.4, -0.2) is 9.78 Å². The van der Waals surface area contributed by atoms with Crippen molar-refractivity contribution in [2.45, 2.75) is 6.18 Å². The van der Waals surface area contributed by atoms with Gasteiger partial charge in [-0.1, -0.05) is 6.04 Å². The first-order chi connectivity index (χ1) is 9.98. The van der Waals surface area contributed by atoms with E-state index in [1.165, 1.54) is 0 Å². The van der Waals surface area contributed by atoms with Crippen LogP contribution >= 0.6 is 15.9 Å². The van der Waals surface area contributed by atoms with Gasteiger partial charge in [-0.05, 0) is 40.1 Å². The first-order valence-electron chi connectivity index (χ1n) is 6.88. The average Bonchev–Trinajstić information content (AvgIpc) is 2.63. The van der Waals surface area contributed by atoms with Crippen molar-refractivity contribution in [2.75, 3.05) is 0 Å². The lowest BCUT2D eigenvalue weighted by Gasteiger charge is -2.08. The number of nitrogens with zero attached hydrogens (tertiary/aromatic N) is 2. The van der Waals surface area contributed by atoms with Gasteiger partial charge < -0.3 is 0 Å². The van der Waals surface area contributed by atoms with Crippen molar-refractivity contribution in [3.63, 3.8) is 0 Å². The van der Waals surface area contributed by atoms with E-state index in [1.54, 1.807) is 0 Å². The van der Waals surface area contributed by atoms with Gasteiger partial charge in [0.05, 0.1) is 19.5 Å². The second-order valence-corrected chi connectivity index (χ2v) is 3.41. The smallest absolute Gasteiger partial charge is 0.240 e. The third-order valence-corrected chi connectivity index (χ3v) is 1.92. The molecule has 0 bridgehead atoms. The van der Waals surface area contributed by atoms with Gasteiger partial charge in [-0.25, -0.2) is 4.68 Å². The van der Waals surface area contributed by atoms with Crippen molar-refractivity contribution in [2.24, 2.45) is 0 Å². The molecule has 1 aromatic heterocycles. The molecule has 0 spiro atoms. The summed E-state index contributed by atoms with van der Waals surface area (Å²) >= 11 is 2.84. The molecular weight excluding hydrogens is 285 g/mol. The predicted molar refractivity (Wildman–Crippen MR) is 56.3 cm³/mol. The molecule has 84 valence electrons. The Kier molecular flexibility index (Phi) is 1.44. The van der Waals surface area contributed by atoms with E-state index in [9.17, 15) is 13.2 Å². The Bertz CT molecular complexity index is 773.